The van der Waals surface area contributed by atoms with Crippen LogP contribution in [0.25, 0.3) is 0 Å². The van der Waals surface area contributed by atoms with Crippen molar-refractivity contribution < 1.29 is 9.53 Å². The monoisotopic (exact) mass is 305 g/mol. The van der Waals surface area contributed by atoms with E-state index in [0.29, 0.717) is 5.92 Å². The SMILES string of the molecule is CC1CC(CBr)CCC1NC(=O)OC(C)(C)C. The molecular weight excluding hydrogens is 282 g/mol. The number of amides is 1. The Hall–Kier alpha value is -0.250. The van der Waals surface area contributed by atoms with Crippen LogP contribution in [0.4, 0.5) is 4.79 Å². The van der Waals surface area contributed by atoms with E-state index in [1.165, 1.54) is 12.8 Å². The van der Waals surface area contributed by atoms with Crippen LogP contribution in [0.2, 0.25) is 0 Å². The molecule has 0 aliphatic heterocycles. The van der Waals surface area contributed by atoms with Crippen molar-refractivity contribution in [1.82, 2.24) is 5.32 Å². The molecular formula is C13H24BrNO2. The summed E-state index contributed by atoms with van der Waals surface area (Å²) >= 11 is 3.54. The summed E-state index contributed by atoms with van der Waals surface area (Å²) in [6, 6.07) is 0.264. The van der Waals surface area contributed by atoms with Crippen molar-refractivity contribution in [1.29, 1.82) is 0 Å². The molecule has 17 heavy (non-hydrogen) atoms. The fourth-order valence-electron chi connectivity index (χ4n) is 2.32. The zero-order valence-corrected chi connectivity index (χ0v) is 12.8. The van der Waals surface area contributed by atoms with Crippen molar-refractivity contribution in [3.05, 3.63) is 0 Å². The molecule has 1 amide bonds. The Labute approximate surface area is 113 Å². The summed E-state index contributed by atoms with van der Waals surface area (Å²) in [5, 5.41) is 4.06. The topological polar surface area (TPSA) is 38.3 Å². The van der Waals surface area contributed by atoms with Crippen molar-refractivity contribution in [2.45, 2.75) is 58.6 Å². The zero-order valence-electron chi connectivity index (χ0n) is 11.3. The molecule has 0 spiro atoms. The summed E-state index contributed by atoms with van der Waals surface area (Å²) in [6.45, 7) is 7.87. The fourth-order valence-corrected chi connectivity index (χ4v) is 2.91. The maximum Gasteiger partial charge on any atom is 0.407 e. The highest BCUT2D eigenvalue weighted by Gasteiger charge is 2.29. The summed E-state index contributed by atoms with van der Waals surface area (Å²) < 4.78 is 5.28. The molecule has 4 heteroatoms. The van der Waals surface area contributed by atoms with Crippen LogP contribution < -0.4 is 5.32 Å². The summed E-state index contributed by atoms with van der Waals surface area (Å²) in [4.78, 5) is 11.7. The summed E-state index contributed by atoms with van der Waals surface area (Å²) in [6.07, 6.45) is 3.12. The van der Waals surface area contributed by atoms with Gasteiger partial charge in [0.2, 0.25) is 0 Å². The molecule has 1 saturated carbocycles. The van der Waals surface area contributed by atoms with Crippen LogP contribution in [0.1, 0.15) is 47.0 Å². The smallest absolute Gasteiger partial charge is 0.407 e. The number of hydrogen-bond acceptors (Lipinski definition) is 2. The number of ether oxygens (including phenoxy) is 1. The second kappa shape index (κ2) is 6.07. The third kappa shape index (κ3) is 5.28. The first-order chi connectivity index (χ1) is 7.81. The lowest BCUT2D eigenvalue weighted by atomic mass is 9.80. The molecule has 0 bridgehead atoms. The van der Waals surface area contributed by atoms with Gasteiger partial charge in [0.15, 0.2) is 0 Å². The van der Waals surface area contributed by atoms with Crippen molar-refractivity contribution in [3.8, 4) is 0 Å². The molecule has 0 saturated heterocycles. The van der Waals surface area contributed by atoms with E-state index in [2.05, 4.69) is 28.2 Å². The van der Waals surface area contributed by atoms with Crippen LogP contribution in [0.15, 0.2) is 0 Å². The molecule has 3 unspecified atom stereocenters. The van der Waals surface area contributed by atoms with Gasteiger partial charge in [0.25, 0.3) is 0 Å². The molecule has 0 aromatic carbocycles. The molecule has 1 fully saturated rings. The van der Waals surface area contributed by atoms with Gasteiger partial charge in [-0.3, -0.25) is 0 Å². The Morgan fingerprint density at radius 3 is 2.53 bits per heavy atom. The highest BCUT2D eigenvalue weighted by Crippen LogP contribution is 2.30. The van der Waals surface area contributed by atoms with Crippen LogP contribution in [0, 0.1) is 11.8 Å². The fraction of sp³-hybridized carbons (Fsp3) is 0.923. The van der Waals surface area contributed by atoms with Gasteiger partial charge in [-0.1, -0.05) is 22.9 Å². The highest BCUT2D eigenvalue weighted by atomic mass is 79.9. The van der Waals surface area contributed by atoms with Gasteiger partial charge in [0.05, 0.1) is 0 Å². The predicted molar refractivity (Wildman–Crippen MR) is 73.5 cm³/mol. The molecule has 100 valence electrons. The summed E-state index contributed by atoms with van der Waals surface area (Å²) in [5.74, 6) is 1.28. The molecule has 1 aliphatic rings. The first-order valence-corrected chi connectivity index (χ1v) is 7.49. The Bertz CT molecular complexity index is 263. The number of halogens is 1. The van der Waals surface area contributed by atoms with Gasteiger partial charge in [0, 0.05) is 11.4 Å². The van der Waals surface area contributed by atoms with E-state index in [4.69, 9.17) is 4.74 Å². The minimum atomic E-state index is -0.416. The second-order valence-electron chi connectivity index (χ2n) is 6.06. The number of hydrogen-bond donors (Lipinski definition) is 1. The van der Waals surface area contributed by atoms with Gasteiger partial charge >= 0.3 is 6.09 Å². The normalized spacial score (nSPS) is 29.8. The van der Waals surface area contributed by atoms with Gasteiger partial charge < -0.3 is 10.1 Å². The van der Waals surface area contributed by atoms with Gasteiger partial charge in [-0.2, -0.15) is 0 Å². The largest absolute Gasteiger partial charge is 0.444 e. The van der Waals surface area contributed by atoms with E-state index in [9.17, 15) is 4.79 Å². The molecule has 3 atom stereocenters. The maximum atomic E-state index is 11.7. The van der Waals surface area contributed by atoms with E-state index >= 15 is 0 Å². The molecule has 0 heterocycles. The van der Waals surface area contributed by atoms with E-state index in [1.807, 2.05) is 20.8 Å². The predicted octanol–water partition coefficient (Wildman–Crippen LogP) is 3.71. The van der Waals surface area contributed by atoms with E-state index in [0.717, 1.165) is 17.7 Å². The van der Waals surface area contributed by atoms with Gasteiger partial charge in [0.1, 0.15) is 5.60 Å². The Balaban J connectivity index is 2.40. The van der Waals surface area contributed by atoms with Crippen molar-refractivity contribution in [2.24, 2.45) is 11.8 Å². The van der Waals surface area contributed by atoms with Crippen LogP contribution in [0.5, 0.6) is 0 Å². The second-order valence-corrected chi connectivity index (χ2v) is 6.71. The number of alkyl halides is 1. The number of alkyl carbamates (subject to hydrolysis) is 1. The third-order valence-electron chi connectivity index (χ3n) is 3.20. The van der Waals surface area contributed by atoms with Gasteiger partial charge in [-0.25, -0.2) is 4.79 Å². The lowest BCUT2D eigenvalue weighted by molar-refractivity contribution is 0.0464. The first-order valence-electron chi connectivity index (χ1n) is 6.37. The van der Waals surface area contributed by atoms with E-state index in [1.54, 1.807) is 0 Å². The lowest BCUT2D eigenvalue weighted by Gasteiger charge is -2.34. The number of rotatable bonds is 2. The Morgan fingerprint density at radius 1 is 1.41 bits per heavy atom. The number of carbonyl (C=O) groups excluding carboxylic acids is 1. The third-order valence-corrected chi connectivity index (χ3v) is 4.11. The van der Waals surface area contributed by atoms with E-state index < -0.39 is 5.60 Å². The lowest BCUT2D eigenvalue weighted by Crippen LogP contribution is -2.45. The maximum absolute atomic E-state index is 11.7. The Kier molecular flexibility index (Phi) is 5.29. The average Bonchev–Trinajstić information content (AvgIpc) is 2.18. The molecule has 0 radical (unpaired) electrons. The number of carbonyl (C=O) groups is 1. The van der Waals surface area contributed by atoms with Crippen molar-refractivity contribution >= 4 is 22.0 Å². The van der Waals surface area contributed by atoms with Crippen molar-refractivity contribution in [2.75, 3.05) is 5.33 Å². The number of nitrogens with one attached hydrogen (secondary N) is 1. The molecule has 1 rings (SSSR count). The summed E-state index contributed by atoms with van der Waals surface area (Å²) in [7, 11) is 0. The minimum absolute atomic E-state index is 0.264. The standard InChI is InChI=1S/C13H24BrNO2/c1-9-7-10(8-14)5-6-11(9)15-12(16)17-13(2,3)4/h9-11H,5-8H2,1-4H3,(H,15,16). The van der Waals surface area contributed by atoms with Crippen LogP contribution >= 0.6 is 15.9 Å². The van der Waals surface area contributed by atoms with Gasteiger partial charge in [-0.15, -0.1) is 0 Å². The quantitative estimate of drug-likeness (QED) is 0.790. The molecule has 0 aromatic rings. The first kappa shape index (κ1) is 14.8. The molecule has 1 N–H and O–H groups in total. The van der Waals surface area contributed by atoms with E-state index in [-0.39, 0.29) is 12.1 Å². The van der Waals surface area contributed by atoms with Crippen LogP contribution in [-0.2, 0) is 4.74 Å². The summed E-state index contributed by atoms with van der Waals surface area (Å²) in [5.41, 5.74) is -0.416. The molecule has 1 aliphatic carbocycles. The minimum Gasteiger partial charge on any atom is -0.444 e. The van der Waals surface area contributed by atoms with Gasteiger partial charge in [-0.05, 0) is 51.9 Å². The zero-order chi connectivity index (χ0) is 13.1. The molecule has 0 aromatic heterocycles. The van der Waals surface area contributed by atoms with Crippen molar-refractivity contribution in [3.63, 3.8) is 0 Å². The van der Waals surface area contributed by atoms with Crippen LogP contribution in [-0.4, -0.2) is 23.1 Å². The average molecular weight is 306 g/mol. The Morgan fingerprint density at radius 2 is 2.06 bits per heavy atom. The highest BCUT2D eigenvalue weighted by molar-refractivity contribution is 9.09. The molecule has 3 nitrogen and oxygen atoms in total. The van der Waals surface area contributed by atoms with Crippen LogP contribution in [0.3, 0.4) is 0 Å².